The molecule has 1 amide bonds. The zero-order valence-electron chi connectivity index (χ0n) is 14.2. The fourth-order valence-corrected chi connectivity index (χ4v) is 2.38. The van der Waals surface area contributed by atoms with Gasteiger partial charge in [-0.05, 0) is 36.8 Å². The number of halogens is 1. The van der Waals surface area contributed by atoms with Crippen molar-refractivity contribution >= 4 is 11.9 Å². The van der Waals surface area contributed by atoms with Gasteiger partial charge in [-0.25, -0.2) is 9.18 Å². The number of para-hydroxylation sites is 2. The monoisotopic (exact) mass is 359 g/mol. The van der Waals surface area contributed by atoms with Gasteiger partial charge in [-0.15, -0.1) is 0 Å². The quantitative estimate of drug-likeness (QED) is 0.829. The highest BCUT2D eigenvalue weighted by atomic mass is 19.1. The minimum atomic E-state index is -0.759. The second kappa shape index (κ2) is 7.86. The summed E-state index contributed by atoms with van der Waals surface area (Å²) < 4.78 is 29.6. The Kier molecular flexibility index (Phi) is 5.36. The maximum Gasteiger partial charge on any atom is 0.338 e. The summed E-state index contributed by atoms with van der Waals surface area (Å²) in [4.78, 5) is 23.7. The van der Waals surface area contributed by atoms with Crippen LogP contribution in [0.3, 0.4) is 0 Å². The summed E-state index contributed by atoms with van der Waals surface area (Å²) in [7, 11) is 0. The van der Waals surface area contributed by atoms with Crippen molar-refractivity contribution in [2.75, 3.05) is 19.8 Å². The summed E-state index contributed by atoms with van der Waals surface area (Å²) in [5.74, 6) is -0.461. The fraction of sp³-hybridized carbons (Fsp3) is 0.263. The van der Waals surface area contributed by atoms with E-state index in [1.165, 1.54) is 12.1 Å². The van der Waals surface area contributed by atoms with E-state index in [2.05, 4.69) is 5.32 Å². The number of carbonyl (C=O) groups excluding carboxylic acids is 2. The maximum atomic E-state index is 13.5. The van der Waals surface area contributed by atoms with Crippen molar-refractivity contribution in [2.24, 2.45) is 0 Å². The summed E-state index contributed by atoms with van der Waals surface area (Å²) >= 11 is 0. The van der Waals surface area contributed by atoms with E-state index >= 15 is 0 Å². The zero-order valence-corrected chi connectivity index (χ0v) is 14.2. The van der Waals surface area contributed by atoms with Gasteiger partial charge in [0.25, 0.3) is 5.91 Å². The Balaban J connectivity index is 1.43. The molecule has 0 aromatic heterocycles. The Bertz CT molecular complexity index is 823. The van der Waals surface area contributed by atoms with E-state index in [4.69, 9.17) is 14.2 Å². The Hall–Kier alpha value is -3.09. The third-order valence-corrected chi connectivity index (χ3v) is 3.84. The molecule has 2 aromatic carbocycles. The molecule has 0 spiro atoms. The number of esters is 1. The van der Waals surface area contributed by atoms with Gasteiger partial charge < -0.3 is 19.5 Å². The van der Waals surface area contributed by atoms with Crippen LogP contribution in [0.4, 0.5) is 4.39 Å². The van der Waals surface area contributed by atoms with Gasteiger partial charge in [-0.3, -0.25) is 4.79 Å². The van der Waals surface area contributed by atoms with Crippen LogP contribution < -0.4 is 14.8 Å². The van der Waals surface area contributed by atoms with Gasteiger partial charge in [-0.1, -0.05) is 18.2 Å². The number of carbonyl (C=O) groups is 2. The highest BCUT2D eigenvalue weighted by Gasteiger charge is 2.21. The van der Waals surface area contributed by atoms with E-state index in [1.54, 1.807) is 19.1 Å². The van der Waals surface area contributed by atoms with E-state index in [1.807, 2.05) is 12.1 Å². The van der Waals surface area contributed by atoms with E-state index in [0.29, 0.717) is 23.7 Å². The van der Waals surface area contributed by atoms with Gasteiger partial charge in [0, 0.05) is 0 Å². The normalized spacial score (nSPS) is 15.2. The molecular weight excluding hydrogens is 341 g/mol. The molecule has 0 aliphatic carbocycles. The number of amides is 1. The second-order valence-corrected chi connectivity index (χ2v) is 5.84. The van der Waals surface area contributed by atoms with Crippen LogP contribution in [0, 0.1) is 12.7 Å². The van der Waals surface area contributed by atoms with Gasteiger partial charge in [-0.2, -0.15) is 0 Å². The van der Waals surface area contributed by atoms with Crippen LogP contribution >= 0.6 is 0 Å². The first-order chi connectivity index (χ1) is 12.5. The molecule has 1 aliphatic heterocycles. The van der Waals surface area contributed by atoms with Crippen LogP contribution in [0.1, 0.15) is 15.9 Å². The fourth-order valence-electron chi connectivity index (χ4n) is 2.38. The first-order valence-corrected chi connectivity index (χ1v) is 8.11. The molecule has 6 nitrogen and oxygen atoms in total. The number of fused-ring (bicyclic) bond motifs is 1. The van der Waals surface area contributed by atoms with E-state index in [9.17, 15) is 14.0 Å². The molecule has 3 rings (SSSR count). The van der Waals surface area contributed by atoms with Crippen LogP contribution in [0.2, 0.25) is 0 Å². The topological polar surface area (TPSA) is 73.9 Å². The third-order valence-electron chi connectivity index (χ3n) is 3.84. The summed E-state index contributed by atoms with van der Waals surface area (Å²) in [5.41, 5.74) is 0.483. The van der Waals surface area contributed by atoms with E-state index in [0.717, 1.165) is 6.07 Å². The lowest BCUT2D eigenvalue weighted by molar-refractivity contribution is -0.124. The molecule has 1 atom stereocenters. The highest BCUT2D eigenvalue weighted by molar-refractivity contribution is 5.91. The Morgan fingerprint density at radius 1 is 1.23 bits per heavy atom. The van der Waals surface area contributed by atoms with Crippen LogP contribution in [0.5, 0.6) is 11.5 Å². The number of nitrogens with one attached hydrogen (secondary N) is 1. The third kappa shape index (κ3) is 4.30. The zero-order chi connectivity index (χ0) is 18.5. The van der Waals surface area contributed by atoms with Crippen molar-refractivity contribution in [1.29, 1.82) is 0 Å². The predicted octanol–water partition coefficient (Wildman–Crippen LogP) is 2.25. The SMILES string of the molecule is Cc1ccc(C(=O)OCC(=O)NC[C@H]2COc3ccccc3O2)cc1F. The minimum Gasteiger partial charge on any atom is -0.486 e. The molecule has 0 radical (unpaired) electrons. The summed E-state index contributed by atoms with van der Waals surface area (Å²) in [6.45, 7) is 1.65. The number of hydrogen-bond acceptors (Lipinski definition) is 5. The van der Waals surface area contributed by atoms with Gasteiger partial charge >= 0.3 is 5.97 Å². The predicted molar refractivity (Wildman–Crippen MR) is 90.8 cm³/mol. The largest absolute Gasteiger partial charge is 0.486 e. The lowest BCUT2D eigenvalue weighted by atomic mass is 10.1. The number of hydrogen-bond donors (Lipinski definition) is 1. The van der Waals surface area contributed by atoms with E-state index in [-0.39, 0.29) is 18.2 Å². The smallest absolute Gasteiger partial charge is 0.338 e. The molecule has 0 unspecified atom stereocenters. The Morgan fingerprint density at radius 3 is 2.77 bits per heavy atom. The number of ether oxygens (including phenoxy) is 3. The van der Waals surface area contributed by atoms with Crippen molar-refractivity contribution in [3.63, 3.8) is 0 Å². The highest BCUT2D eigenvalue weighted by Crippen LogP contribution is 2.30. The first kappa shape index (κ1) is 17.7. The van der Waals surface area contributed by atoms with Crippen molar-refractivity contribution in [3.05, 3.63) is 59.4 Å². The lowest BCUT2D eigenvalue weighted by Crippen LogP contribution is -2.42. The molecule has 0 bridgehead atoms. The van der Waals surface area contributed by atoms with Gasteiger partial charge in [0.15, 0.2) is 18.1 Å². The molecule has 1 N–H and O–H groups in total. The van der Waals surface area contributed by atoms with Gasteiger partial charge in [0.05, 0.1) is 12.1 Å². The van der Waals surface area contributed by atoms with Gasteiger partial charge in [0.1, 0.15) is 18.5 Å². The standard InChI is InChI=1S/C19H18FNO5/c1-12-6-7-13(8-15(12)20)19(23)25-11-18(22)21-9-14-10-24-16-4-2-3-5-17(16)26-14/h2-8,14H,9-11H2,1H3,(H,21,22)/t14-/m0/s1. The molecule has 7 heteroatoms. The molecule has 2 aromatic rings. The van der Waals surface area contributed by atoms with Gasteiger partial charge in [0.2, 0.25) is 0 Å². The molecule has 26 heavy (non-hydrogen) atoms. The number of benzene rings is 2. The van der Waals surface area contributed by atoms with Crippen molar-refractivity contribution in [2.45, 2.75) is 13.0 Å². The molecule has 0 saturated carbocycles. The van der Waals surface area contributed by atoms with Crippen molar-refractivity contribution in [3.8, 4) is 11.5 Å². The average Bonchev–Trinajstić information content (AvgIpc) is 2.66. The maximum absolute atomic E-state index is 13.5. The summed E-state index contributed by atoms with van der Waals surface area (Å²) in [5, 5.41) is 2.62. The van der Waals surface area contributed by atoms with E-state index < -0.39 is 24.3 Å². The Morgan fingerprint density at radius 2 is 2.00 bits per heavy atom. The van der Waals surface area contributed by atoms with Crippen molar-refractivity contribution in [1.82, 2.24) is 5.32 Å². The van der Waals surface area contributed by atoms with Crippen LogP contribution in [0.15, 0.2) is 42.5 Å². The van der Waals surface area contributed by atoms with Crippen LogP contribution in [-0.2, 0) is 9.53 Å². The van der Waals surface area contributed by atoms with Crippen molar-refractivity contribution < 1.29 is 28.2 Å². The average molecular weight is 359 g/mol. The summed E-state index contributed by atoms with van der Waals surface area (Å²) in [6, 6.07) is 11.3. The lowest BCUT2D eigenvalue weighted by Gasteiger charge is -2.26. The van der Waals surface area contributed by atoms with Crippen LogP contribution in [0.25, 0.3) is 0 Å². The molecule has 0 fully saturated rings. The van der Waals surface area contributed by atoms with Crippen LogP contribution in [-0.4, -0.2) is 37.7 Å². The number of rotatable bonds is 5. The molecule has 136 valence electrons. The summed E-state index contributed by atoms with van der Waals surface area (Å²) in [6.07, 6.45) is -0.337. The molecule has 0 saturated heterocycles. The minimum absolute atomic E-state index is 0.0570. The Labute approximate surface area is 149 Å². The molecule has 1 heterocycles. The first-order valence-electron chi connectivity index (χ1n) is 8.11. The molecular formula is C19H18FNO5. The second-order valence-electron chi connectivity index (χ2n) is 5.84. The molecule has 1 aliphatic rings. The number of aryl methyl sites for hydroxylation is 1.